The van der Waals surface area contributed by atoms with Crippen LogP contribution in [0.3, 0.4) is 0 Å². The molecule has 1 aliphatic rings. The van der Waals surface area contributed by atoms with Crippen LogP contribution in [-0.2, 0) is 4.74 Å². The number of carbonyl (C=O) groups excluding carboxylic acids is 2. The van der Waals surface area contributed by atoms with Crippen LogP contribution in [0.4, 0.5) is 4.79 Å². The lowest BCUT2D eigenvalue weighted by Gasteiger charge is -2.22. The lowest BCUT2D eigenvalue weighted by molar-refractivity contribution is 0.0517. The normalized spacial score (nSPS) is 18.9. The van der Waals surface area contributed by atoms with E-state index in [2.05, 4.69) is 31.5 Å². The molecule has 1 aromatic heterocycles. The molecule has 24 heavy (non-hydrogen) atoms. The summed E-state index contributed by atoms with van der Waals surface area (Å²) in [5.74, 6) is 0.140. The molecule has 2 unspecified atom stereocenters. The Hall–Kier alpha value is -1.76. The summed E-state index contributed by atoms with van der Waals surface area (Å²) in [7, 11) is 0. The third-order valence-electron chi connectivity index (χ3n) is 3.57. The molecule has 6 nitrogen and oxygen atoms in total. The molecule has 0 saturated carbocycles. The number of hydrogen-bond donors (Lipinski definition) is 3. The maximum atomic E-state index is 11.8. The molecule has 132 valence electrons. The summed E-state index contributed by atoms with van der Waals surface area (Å²) in [6.45, 7) is 7.97. The maximum Gasteiger partial charge on any atom is 0.408 e. The first-order valence-corrected chi connectivity index (χ1v) is 8.78. The highest BCUT2D eigenvalue weighted by atomic mass is 79.9. The fourth-order valence-electron chi connectivity index (χ4n) is 2.55. The van der Waals surface area contributed by atoms with Crippen molar-refractivity contribution in [3.05, 3.63) is 34.1 Å². The van der Waals surface area contributed by atoms with Gasteiger partial charge in [0.25, 0.3) is 5.91 Å². The topological polar surface area (TPSA) is 83.2 Å². The molecule has 0 fully saturated rings. The second-order valence-electron chi connectivity index (χ2n) is 6.95. The molecule has 0 aliphatic carbocycles. The average molecular weight is 398 g/mol. The van der Waals surface area contributed by atoms with E-state index in [1.54, 1.807) is 6.07 Å². The number of allylic oxidation sites excluding steroid dienone is 1. The van der Waals surface area contributed by atoms with Gasteiger partial charge in [-0.1, -0.05) is 12.2 Å². The molecule has 7 heteroatoms. The van der Waals surface area contributed by atoms with Crippen molar-refractivity contribution in [2.24, 2.45) is 0 Å². The first kappa shape index (κ1) is 18.6. The smallest absolute Gasteiger partial charge is 0.408 e. The van der Waals surface area contributed by atoms with E-state index in [0.29, 0.717) is 12.1 Å². The van der Waals surface area contributed by atoms with Crippen molar-refractivity contribution in [3.8, 4) is 0 Å². The van der Waals surface area contributed by atoms with E-state index in [-0.39, 0.29) is 17.9 Å². The number of ether oxygens (including phenoxy) is 1. The van der Waals surface area contributed by atoms with Gasteiger partial charge in [-0.05, 0) is 56.1 Å². The first-order valence-electron chi connectivity index (χ1n) is 7.98. The second kappa shape index (κ2) is 7.42. The largest absolute Gasteiger partial charge is 0.444 e. The van der Waals surface area contributed by atoms with Gasteiger partial charge >= 0.3 is 6.09 Å². The number of hydrogen-bond acceptors (Lipinski definition) is 3. The summed E-state index contributed by atoms with van der Waals surface area (Å²) in [4.78, 5) is 26.7. The molecular weight excluding hydrogens is 374 g/mol. The number of alkyl carbamates (subject to hydrolysis) is 1. The highest BCUT2D eigenvalue weighted by Gasteiger charge is 2.26. The van der Waals surface area contributed by atoms with Gasteiger partial charge in [0, 0.05) is 24.2 Å². The van der Waals surface area contributed by atoms with Crippen LogP contribution >= 0.6 is 15.9 Å². The molecule has 0 saturated heterocycles. The second-order valence-corrected chi connectivity index (χ2v) is 7.80. The van der Waals surface area contributed by atoms with Crippen molar-refractivity contribution >= 4 is 27.9 Å². The molecule has 2 amide bonds. The number of halogens is 1. The van der Waals surface area contributed by atoms with Gasteiger partial charge < -0.3 is 20.4 Å². The number of nitrogens with one attached hydrogen (secondary N) is 3. The quantitative estimate of drug-likeness (QED) is 0.680. The summed E-state index contributed by atoms with van der Waals surface area (Å²) < 4.78 is 6.03. The highest BCUT2D eigenvalue weighted by Crippen LogP contribution is 2.28. The Balaban J connectivity index is 1.89. The van der Waals surface area contributed by atoms with Crippen molar-refractivity contribution < 1.29 is 14.3 Å². The number of H-pyrrole nitrogens is 1. The summed E-state index contributed by atoms with van der Waals surface area (Å²) in [6, 6.07) is 1.67. The standard InChI is InChI=1S/C17H24BrN3O3/c1-10(20-16(23)24-17(2,3)4)6-5-7-11-9-19-15(22)12-8-13(18)21-14(11)12/h5-6,8,10-11,21H,7,9H2,1-4H3,(H,19,22)(H,20,23). The Morgan fingerprint density at radius 3 is 2.92 bits per heavy atom. The fourth-order valence-corrected chi connectivity index (χ4v) is 2.99. The Morgan fingerprint density at radius 2 is 2.25 bits per heavy atom. The molecule has 2 rings (SSSR count). The van der Waals surface area contributed by atoms with Crippen LogP contribution in [0.1, 0.15) is 56.1 Å². The Kier molecular flexibility index (Phi) is 5.74. The van der Waals surface area contributed by atoms with Gasteiger partial charge in [0.15, 0.2) is 0 Å². The van der Waals surface area contributed by atoms with Crippen LogP contribution in [0.2, 0.25) is 0 Å². The van der Waals surface area contributed by atoms with Crippen LogP contribution in [0, 0.1) is 0 Å². The summed E-state index contributed by atoms with van der Waals surface area (Å²) >= 11 is 3.37. The molecule has 0 radical (unpaired) electrons. The SMILES string of the molecule is CC(C=CCC1CNC(=O)c2cc(Br)[nH]c21)NC(=O)OC(C)(C)C. The number of carbonyl (C=O) groups is 2. The minimum atomic E-state index is -0.509. The van der Waals surface area contributed by atoms with Crippen molar-refractivity contribution in [2.75, 3.05) is 6.54 Å². The number of rotatable bonds is 4. The van der Waals surface area contributed by atoms with E-state index >= 15 is 0 Å². The van der Waals surface area contributed by atoms with E-state index in [1.165, 1.54) is 0 Å². The zero-order valence-electron chi connectivity index (χ0n) is 14.4. The number of amides is 2. The van der Waals surface area contributed by atoms with Crippen LogP contribution in [0.15, 0.2) is 22.8 Å². The molecule has 1 aromatic rings. The fraction of sp³-hybridized carbons (Fsp3) is 0.529. The van der Waals surface area contributed by atoms with Crippen molar-refractivity contribution in [1.29, 1.82) is 0 Å². The van der Waals surface area contributed by atoms with Gasteiger partial charge in [-0.3, -0.25) is 4.79 Å². The van der Waals surface area contributed by atoms with Crippen molar-refractivity contribution in [2.45, 2.75) is 51.7 Å². The predicted octanol–water partition coefficient (Wildman–Crippen LogP) is 3.46. The molecule has 0 spiro atoms. The molecule has 1 aliphatic heterocycles. The van der Waals surface area contributed by atoms with E-state index < -0.39 is 11.7 Å². The van der Waals surface area contributed by atoms with Crippen molar-refractivity contribution in [3.63, 3.8) is 0 Å². The predicted molar refractivity (Wildman–Crippen MR) is 96.2 cm³/mol. The number of aromatic amines is 1. The van der Waals surface area contributed by atoms with Crippen LogP contribution in [0.5, 0.6) is 0 Å². The average Bonchev–Trinajstić information content (AvgIpc) is 2.81. The number of fused-ring (bicyclic) bond motifs is 1. The summed E-state index contributed by atoms with van der Waals surface area (Å²) in [6.07, 6.45) is 4.28. The van der Waals surface area contributed by atoms with Gasteiger partial charge in [-0.15, -0.1) is 0 Å². The summed E-state index contributed by atoms with van der Waals surface area (Å²) in [5, 5.41) is 5.67. The van der Waals surface area contributed by atoms with Crippen molar-refractivity contribution in [1.82, 2.24) is 15.6 Å². The van der Waals surface area contributed by atoms with Gasteiger partial charge in [-0.25, -0.2) is 4.79 Å². The molecular formula is C17H24BrN3O3. The minimum absolute atomic E-state index is 0.0489. The highest BCUT2D eigenvalue weighted by molar-refractivity contribution is 9.10. The van der Waals surface area contributed by atoms with Gasteiger partial charge in [-0.2, -0.15) is 0 Å². The first-order chi connectivity index (χ1) is 11.2. The third kappa shape index (κ3) is 5.12. The van der Waals surface area contributed by atoms with Crippen LogP contribution < -0.4 is 10.6 Å². The molecule has 3 N–H and O–H groups in total. The molecule has 2 heterocycles. The van der Waals surface area contributed by atoms with Gasteiger partial charge in [0.05, 0.1) is 10.2 Å². The Bertz CT molecular complexity index is 646. The maximum absolute atomic E-state index is 11.8. The minimum Gasteiger partial charge on any atom is -0.444 e. The van der Waals surface area contributed by atoms with E-state index in [0.717, 1.165) is 16.7 Å². The lowest BCUT2D eigenvalue weighted by atomic mass is 9.94. The third-order valence-corrected chi connectivity index (χ3v) is 3.99. The van der Waals surface area contributed by atoms with E-state index in [1.807, 2.05) is 39.8 Å². The summed E-state index contributed by atoms with van der Waals surface area (Å²) in [5.41, 5.74) is 1.13. The van der Waals surface area contributed by atoms with Crippen LogP contribution in [0.25, 0.3) is 0 Å². The van der Waals surface area contributed by atoms with Crippen LogP contribution in [-0.4, -0.2) is 35.2 Å². The molecule has 0 aromatic carbocycles. The Morgan fingerprint density at radius 1 is 1.54 bits per heavy atom. The van der Waals surface area contributed by atoms with Gasteiger partial charge in [0.1, 0.15) is 5.60 Å². The monoisotopic (exact) mass is 397 g/mol. The van der Waals surface area contributed by atoms with E-state index in [9.17, 15) is 9.59 Å². The zero-order chi connectivity index (χ0) is 17.9. The molecule has 2 atom stereocenters. The van der Waals surface area contributed by atoms with E-state index in [4.69, 9.17) is 4.74 Å². The number of aromatic nitrogens is 1. The zero-order valence-corrected chi connectivity index (χ0v) is 16.0. The van der Waals surface area contributed by atoms with Gasteiger partial charge in [0.2, 0.25) is 0 Å². The molecule has 0 bridgehead atoms. The Labute approximate surface area is 150 Å². The lowest BCUT2D eigenvalue weighted by Crippen LogP contribution is -2.36.